The number of terminal acetylenes is 1. The normalized spacial score (nSPS) is 8.85. The molecule has 0 spiro atoms. The van der Waals surface area contributed by atoms with Crippen LogP contribution in [-0.4, -0.2) is 23.7 Å². The second-order valence-corrected chi connectivity index (χ2v) is 2.47. The molecule has 0 bridgehead atoms. The minimum absolute atomic E-state index is 0.0161. The first kappa shape index (κ1) is 11.5. The van der Waals surface area contributed by atoms with Gasteiger partial charge in [0, 0.05) is 12.8 Å². The van der Waals surface area contributed by atoms with E-state index in [1.807, 2.05) is 0 Å². The molecular formula is C9H12O4. The number of carboxylic acid groups (broad SMARTS) is 1. The predicted octanol–water partition coefficient (Wildman–Crippen LogP) is 0.808. The number of aliphatic carboxylic acids is 1. The van der Waals surface area contributed by atoms with Crippen LogP contribution in [0.3, 0.4) is 0 Å². The fraction of sp³-hybridized carbons (Fsp3) is 0.556. The second-order valence-electron chi connectivity index (χ2n) is 2.47. The van der Waals surface area contributed by atoms with Crippen molar-refractivity contribution in [3.8, 4) is 12.3 Å². The third kappa shape index (κ3) is 8.41. The van der Waals surface area contributed by atoms with E-state index in [1.165, 1.54) is 0 Å². The molecule has 0 rings (SSSR count). The third-order valence-corrected chi connectivity index (χ3v) is 1.34. The summed E-state index contributed by atoms with van der Waals surface area (Å²) in [4.78, 5) is 20.9. The molecule has 0 radical (unpaired) electrons. The molecule has 0 aromatic carbocycles. The summed E-state index contributed by atoms with van der Waals surface area (Å²) in [5.74, 6) is 0.948. The van der Waals surface area contributed by atoms with Gasteiger partial charge in [-0.25, -0.2) is 0 Å². The molecule has 0 saturated carbocycles. The van der Waals surface area contributed by atoms with Crippen LogP contribution in [0, 0.1) is 12.3 Å². The van der Waals surface area contributed by atoms with E-state index in [1.54, 1.807) is 0 Å². The largest absolute Gasteiger partial charge is 0.481 e. The minimum atomic E-state index is -0.850. The molecule has 0 heterocycles. The van der Waals surface area contributed by atoms with Gasteiger partial charge >= 0.3 is 11.9 Å². The minimum Gasteiger partial charge on any atom is -0.481 e. The highest BCUT2D eigenvalue weighted by molar-refractivity contribution is 5.69. The van der Waals surface area contributed by atoms with Gasteiger partial charge in [-0.3, -0.25) is 9.59 Å². The highest BCUT2D eigenvalue weighted by Gasteiger charge is 2.02. The quantitative estimate of drug-likeness (QED) is 0.377. The number of hydrogen-bond acceptors (Lipinski definition) is 3. The summed E-state index contributed by atoms with van der Waals surface area (Å²) in [7, 11) is 0. The molecule has 72 valence electrons. The average Bonchev–Trinajstić information content (AvgIpc) is 2.08. The number of carboxylic acids is 1. The van der Waals surface area contributed by atoms with E-state index in [0.717, 1.165) is 0 Å². The Morgan fingerprint density at radius 1 is 1.31 bits per heavy atom. The summed E-state index contributed by atoms with van der Waals surface area (Å²) in [5, 5.41) is 8.28. The van der Waals surface area contributed by atoms with Crippen LogP contribution in [0.15, 0.2) is 0 Å². The number of esters is 1. The molecule has 0 aromatic heterocycles. The van der Waals surface area contributed by atoms with E-state index in [-0.39, 0.29) is 25.4 Å². The maximum atomic E-state index is 10.8. The summed E-state index contributed by atoms with van der Waals surface area (Å²) in [6.45, 7) is -0.0161. The van der Waals surface area contributed by atoms with Crippen molar-refractivity contribution >= 4 is 11.9 Å². The molecule has 0 aliphatic rings. The van der Waals surface area contributed by atoms with Crippen molar-refractivity contribution in [1.29, 1.82) is 0 Å². The molecule has 13 heavy (non-hydrogen) atoms. The highest BCUT2D eigenvalue weighted by atomic mass is 16.5. The Labute approximate surface area is 76.9 Å². The van der Waals surface area contributed by atoms with Crippen LogP contribution in [0.1, 0.15) is 25.7 Å². The van der Waals surface area contributed by atoms with Gasteiger partial charge in [0.05, 0.1) is 0 Å². The highest BCUT2D eigenvalue weighted by Crippen LogP contribution is 2.00. The lowest BCUT2D eigenvalue weighted by atomic mass is 10.2. The molecule has 0 aromatic rings. The first-order valence-corrected chi connectivity index (χ1v) is 3.97. The van der Waals surface area contributed by atoms with Crippen molar-refractivity contribution in [3.63, 3.8) is 0 Å². The monoisotopic (exact) mass is 184 g/mol. The summed E-state index contributed by atoms with van der Waals surface area (Å²) in [6, 6.07) is 0. The van der Waals surface area contributed by atoms with Crippen LogP contribution < -0.4 is 0 Å². The second kappa shape index (κ2) is 7.17. The fourth-order valence-corrected chi connectivity index (χ4v) is 0.740. The van der Waals surface area contributed by atoms with Crippen molar-refractivity contribution in [2.45, 2.75) is 25.7 Å². The van der Waals surface area contributed by atoms with Crippen molar-refractivity contribution < 1.29 is 19.4 Å². The number of ether oxygens (including phenoxy) is 1. The molecule has 4 heteroatoms. The predicted molar refractivity (Wildman–Crippen MR) is 45.9 cm³/mol. The number of rotatable bonds is 6. The maximum Gasteiger partial charge on any atom is 0.306 e. The van der Waals surface area contributed by atoms with Crippen LogP contribution in [0.25, 0.3) is 0 Å². The van der Waals surface area contributed by atoms with Crippen molar-refractivity contribution in [2.75, 3.05) is 6.61 Å². The average molecular weight is 184 g/mol. The van der Waals surface area contributed by atoms with Crippen LogP contribution in [-0.2, 0) is 14.3 Å². The van der Waals surface area contributed by atoms with E-state index >= 15 is 0 Å². The SMILES string of the molecule is C#CCOC(=O)CCCCC(=O)O. The first-order valence-electron chi connectivity index (χ1n) is 3.97. The molecular weight excluding hydrogens is 172 g/mol. The molecule has 0 aliphatic heterocycles. The van der Waals surface area contributed by atoms with E-state index in [9.17, 15) is 9.59 Å². The van der Waals surface area contributed by atoms with E-state index < -0.39 is 5.97 Å². The Bertz CT molecular complexity index is 214. The molecule has 0 amide bonds. The van der Waals surface area contributed by atoms with Gasteiger partial charge in [-0.15, -0.1) is 6.42 Å². The zero-order chi connectivity index (χ0) is 10.1. The fourth-order valence-electron chi connectivity index (χ4n) is 0.740. The lowest BCUT2D eigenvalue weighted by Crippen LogP contribution is -2.04. The molecule has 0 unspecified atom stereocenters. The molecule has 0 aliphatic carbocycles. The molecule has 0 fully saturated rings. The zero-order valence-electron chi connectivity index (χ0n) is 7.28. The summed E-state index contributed by atoms with van der Waals surface area (Å²) in [5.41, 5.74) is 0. The number of hydrogen-bond donors (Lipinski definition) is 1. The Hall–Kier alpha value is -1.50. The van der Waals surface area contributed by atoms with Gasteiger partial charge in [-0.05, 0) is 12.8 Å². The van der Waals surface area contributed by atoms with Gasteiger partial charge in [0.1, 0.15) is 0 Å². The van der Waals surface area contributed by atoms with Crippen LogP contribution in [0.2, 0.25) is 0 Å². The summed E-state index contributed by atoms with van der Waals surface area (Å²) in [6.07, 6.45) is 6.19. The van der Waals surface area contributed by atoms with E-state index in [4.69, 9.17) is 11.5 Å². The first-order chi connectivity index (χ1) is 6.16. The lowest BCUT2D eigenvalue weighted by molar-refractivity contribution is -0.143. The van der Waals surface area contributed by atoms with Gasteiger partial charge in [0.15, 0.2) is 6.61 Å². The van der Waals surface area contributed by atoms with Gasteiger partial charge in [0.2, 0.25) is 0 Å². The standard InChI is InChI=1S/C9H12O4/c1-2-7-13-9(12)6-4-3-5-8(10)11/h1H,3-7H2,(H,10,11). The molecule has 0 saturated heterocycles. The molecule has 4 nitrogen and oxygen atoms in total. The van der Waals surface area contributed by atoms with Gasteiger partial charge < -0.3 is 9.84 Å². The lowest BCUT2D eigenvalue weighted by Gasteiger charge is -1.99. The number of unbranched alkanes of at least 4 members (excludes halogenated alkanes) is 1. The van der Waals surface area contributed by atoms with Crippen molar-refractivity contribution in [2.24, 2.45) is 0 Å². The maximum absolute atomic E-state index is 10.8. The smallest absolute Gasteiger partial charge is 0.306 e. The Morgan fingerprint density at radius 2 is 1.92 bits per heavy atom. The van der Waals surface area contributed by atoms with Crippen molar-refractivity contribution in [3.05, 3.63) is 0 Å². The van der Waals surface area contributed by atoms with Gasteiger partial charge in [0.25, 0.3) is 0 Å². The van der Waals surface area contributed by atoms with Crippen LogP contribution in [0.5, 0.6) is 0 Å². The van der Waals surface area contributed by atoms with E-state index in [2.05, 4.69) is 10.7 Å². The molecule has 1 N–H and O–H groups in total. The van der Waals surface area contributed by atoms with Crippen molar-refractivity contribution in [1.82, 2.24) is 0 Å². The van der Waals surface area contributed by atoms with Gasteiger partial charge in [-0.1, -0.05) is 5.92 Å². The van der Waals surface area contributed by atoms with Crippen LogP contribution >= 0.6 is 0 Å². The van der Waals surface area contributed by atoms with Crippen LogP contribution in [0.4, 0.5) is 0 Å². The Kier molecular flexibility index (Phi) is 6.34. The number of carbonyl (C=O) groups excluding carboxylic acids is 1. The topological polar surface area (TPSA) is 63.6 Å². The summed E-state index contributed by atoms with van der Waals surface area (Å²) >= 11 is 0. The Morgan fingerprint density at radius 3 is 2.46 bits per heavy atom. The van der Waals surface area contributed by atoms with Gasteiger partial charge in [-0.2, -0.15) is 0 Å². The zero-order valence-corrected chi connectivity index (χ0v) is 7.28. The Balaban J connectivity index is 3.28. The van der Waals surface area contributed by atoms with E-state index in [0.29, 0.717) is 12.8 Å². The summed E-state index contributed by atoms with van der Waals surface area (Å²) < 4.78 is 4.58. The molecule has 0 atom stereocenters. The number of carbonyl (C=O) groups is 2. The third-order valence-electron chi connectivity index (χ3n) is 1.34.